The Labute approximate surface area is 166 Å². The number of hydrogen-bond donors (Lipinski definition) is 3. The van der Waals surface area contributed by atoms with Crippen LogP contribution in [0.1, 0.15) is 42.1 Å². The number of hydrogen-bond acceptors (Lipinski definition) is 3. The molecule has 1 aliphatic rings. The van der Waals surface area contributed by atoms with E-state index in [4.69, 9.17) is 5.73 Å². The molecule has 0 bridgehead atoms. The number of rotatable bonds is 4. The molecule has 3 rings (SSSR count). The second-order valence-electron chi connectivity index (χ2n) is 7.40. The summed E-state index contributed by atoms with van der Waals surface area (Å²) in [5.74, 6) is -0.0338. The minimum atomic E-state index is -0.342. The smallest absolute Gasteiger partial charge is 0.323 e. The van der Waals surface area contributed by atoms with E-state index in [9.17, 15) is 9.59 Å². The van der Waals surface area contributed by atoms with Crippen LogP contribution in [0.5, 0.6) is 0 Å². The highest BCUT2D eigenvalue weighted by atomic mass is 16.2. The molecule has 2 atom stereocenters. The molecule has 2 unspecified atom stereocenters. The molecule has 28 heavy (non-hydrogen) atoms. The average molecular weight is 380 g/mol. The lowest BCUT2D eigenvalue weighted by atomic mass is 9.95. The number of aryl methyl sites for hydroxylation is 1. The minimum Gasteiger partial charge on any atom is -0.334 e. The number of benzene rings is 2. The van der Waals surface area contributed by atoms with Crippen molar-refractivity contribution in [2.45, 2.75) is 45.2 Å². The van der Waals surface area contributed by atoms with E-state index in [0.717, 1.165) is 31.4 Å². The van der Waals surface area contributed by atoms with Gasteiger partial charge in [0.05, 0.1) is 0 Å². The van der Waals surface area contributed by atoms with E-state index in [1.807, 2.05) is 61.2 Å². The first-order chi connectivity index (χ1) is 13.5. The fourth-order valence-electron chi connectivity index (χ4n) is 3.62. The van der Waals surface area contributed by atoms with Crippen LogP contribution in [-0.4, -0.2) is 35.5 Å². The molecule has 0 radical (unpaired) electrons. The number of nitrogens with one attached hydrogen (secondary N) is 2. The molecule has 1 fully saturated rings. The van der Waals surface area contributed by atoms with E-state index in [1.54, 1.807) is 6.07 Å². The third kappa shape index (κ3) is 4.70. The number of urea groups is 1. The van der Waals surface area contributed by atoms with E-state index >= 15 is 0 Å². The summed E-state index contributed by atoms with van der Waals surface area (Å²) >= 11 is 0. The SMILES string of the molecule is Cc1ccc(C(=O)N2CCCCC2C(C)N)cc1NC(=O)Nc1ccccc1. The molecule has 1 saturated heterocycles. The number of para-hydroxylation sites is 1. The fourth-order valence-corrected chi connectivity index (χ4v) is 3.62. The molecule has 148 valence electrons. The molecule has 0 aliphatic carbocycles. The quantitative estimate of drug-likeness (QED) is 0.750. The number of anilines is 2. The van der Waals surface area contributed by atoms with Crippen LogP contribution in [0.15, 0.2) is 48.5 Å². The van der Waals surface area contributed by atoms with Gasteiger partial charge >= 0.3 is 6.03 Å². The molecule has 0 spiro atoms. The summed E-state index contributed by atoms with van der Waals surface area (Å²) in [6, 6.07) is 14.3. The average Bonchev–Trinajstić information content (AvgIpc) is 2.69. The molecule has 6 heteroatoms. The topological polar surface area (TPSA) is 87.5 Å². The second-order valence-corrected chi connectivity index (χ2v) is 7.40. The van der Waals surface area contributed by atoms with Crippen LogP contribution in [0.4, 0.5) is 16.2 Å². The summed E-state index contributed by atoms with van der Waals surface area (Å²) in [5.41, 5.74) is 8.89. The second kappa shape index (κ2) is 8.89. The zero-order valence-electron chi connectivity index (χ0n) is 16.4. The largest absolute Gasteiger partial charge is 0.334 e. The van der Waals surface area contributed by atoms with Gasteiger partial charge in [-0.1, -0.05) is 24.3 Å². The summed E-state index contributed by atoms with van der Waals surface area (Å²) in [7, 11) is 0. The number of nitrogens with two attached hydrogens (primary N) is 1. The van der Waals surface area contributed by atoms with E-state index in [-0.39, 0.29) is 24.0 Å². The zero-order chi connectivity index (χ0) is 20.1. The van der Waals surface area contributed by atoms with Gasteiger partial charge in [-0.2, -0.15) is 0 Å². The van der Waals surface area contributed by atoms with Crippen LogP contribution in [0, 0.1) is 6.92 Å². The van der Waals surface area contributed by atoms with Crippen LogP contribution in [0.2, 0.25) is 0 Å². The van der Waals surface area contributed by atoms with Crippen molar-refractivity contribution >= 4 is 23.3 Å². The van der Waals surface area contributed by atoms with Gasteiger partial charge in [0, 0.05) is 35.6 Å². The third-order valence-corrected chi connectivity index (χ3v) is 5.18. The number of amides is 3. The number of piperidine rings is 1. The van der Waals surface area contributed by atoms with Crippen molar-refractivity contribution in [2.24, 2.45) is 5.73 Å². The van der Waals surface area contributed by atoms with Crippen molar-refractivity contribution in [1.82, 2.24) is 4.90 Å². The molecule has 4 N–H and O–H groups in total. The minimum absolute atomic E-state index is 0.0338. The lowest BCUT2D eigenvalue weighted by Gasteiger charge is -2.38. The van der Waals surface area contributed by atoms with Crippen molar-refractivity contribution in [1.29, 1.82) is 0 Å². The molecule has 6 nitrogen and oxygen atoms in total. The molecular weight excluding hydrogens is 352 g/mol. The summed E-state index contributed by atoms with van der Waals surface area (Å²) in [6.45, 7) is 4.57. The van der Waals surface area contributed by atoms with Crippen LogP contribution >= 0.6 is 0 Å². The molecule has 1 heterocycles. The Morgan fingerprint density at radius 1 is 1.11 bits per heavy atom. The standard InChI is InChI=1S/C22H28N4O2/c1-15-11-12-17(21(27)26-13-7-6-10-20(26)16(2)23)14-19(15)25-22(28)24-18-8-4-3-5-9-18/h3-5,8-9,11-12,14,16,20H,6-7,10,13,23H2,1-2H3,(H2,24,25,28). The number of carbonyl (C=O) groups excluding carboxylic acids is 2. The van der Waals surface area contributed by atoms with Gasteiger partial charge in [0.2, 0.25) is 0 Å². The van der Waals surface area contributed by atoms with Gasteiger partial charge in [-0.3, -0.25) is 4.79 Å². The first-order valence-electron chi connectivity index (χ1n) is 9.76. The maximum absolute atomic E-state index is 13.1. The Bertz CT molecular complexity index is 836. The first kappa shape index (κ1) is 19.9. The Morgan fingerprint density at radius 3 is 2.57 bits per heavy atom. The van der Waals surface area contributed by atoms with Crippen molar-refractivity contribution in [3.8, 4) is 0 Å². The highest BCUT2D eigenvalue weighted by Gasteiger charge is 2.30. The monoisotopic (exact) mass is 380 g/mol. The highest BCUT2D eigenvalue weighted by Crippen LogP contribution is 2.24. The summed E-state index contributed by atoms with van der Waals surface area (Å²) < 4.78 is 0. The fraction of sp³-hybridized carbons (Fsp3) is 0.364. The van der Waals surface area contributed by atoms with Crippen LogP contribution in [0.3, 0.4) is 0 Å². The number of nitrogens with zero attached hydrogens (tertiary/aromatic N) is 1. The molecule has 3 amide bonds. The van der Waals surface area contributed by atoms with Gasteiger partial charge in [-0.05, 0) is 62.9 Å². The van der Waals surface area contributed by atoms with Crippen molar-refractivity contribution in [3.05, 3.63) is 59.7 Å². The van der Waals surface area contributed by atoms with Crippen molar-refractivity contribution < 1.29 is 9.59 Å². The van der Waals surface area contributed by atoms with Crippen LogP contribution < -0.4 is 16.4 Å². The summed E-state index contributed by atoms with van der Waals surface area (Å²) in [5, 5.41) is 5.64. The maximum atomic E-state index is 13.1. The summed E-state index contributed by atoms with van der Waals surface area (Å²) in [4.78, 5) is 27.3. The Kier molecular flexibility index (Phi) is 6.31. The predicted octanol–water partition coefficient (Wildman–Crippen LogP) is 3.98. The zero-order valence-corrected chi connectivity index (χ0v) is 16.4. The lowest BCUT2D eigenvalue weighted by Crippen LogP contribution is -2.51. The van der Waals surface area contributed by atoms with E-state index in [2.05, 4.69) is 10.6 Å². The highest BCUT2D eigenvalue weighted by molar-refractivity contribution is 6.02. The van der Waals surface area contributed by atoms with Crippen molar-refractivity contribution in [3.63, 3.8) is 0 Å². The van der Waals surface area contributed by atoms with E-state index in [1.165, 1.54) is 0 Å². The van der Waals surface area contributed by atoms with Gasteiger partial charge in [-0.15, -0.1) is 0 Å². The first-order valence-corrected chi connectivity index (χ1v) is 9.76. The van der Waals surface area contributed by atoms with Gasteiger partial charge in [0.15, 0.2) is 0 Å². The predicted molar refractivity (Wildman–Crippen MR) is 113 cm³/mol. The van der Waals surface area contributed by atoms with Gasteiger partial charge < -0.3 is 21.3 Å². The molecule has 0 aromatic heterocycles. The molecule has 2 aromatic carbocycles. The maximum Gasteiger partial charge on any atom is 0.323 e. The Hall–Kier alpha value is -2.86. The Balaban J connectivity index is 1.75. The van der Waals surface area contributed by atoms with Gasteiger partial charge in [-0.25, -0.2) is 4.79 Å². The number of likely N-dealkylation sites (tertiary alicyclic amines) is 1. The van der Waals surface area contributed by atoms with Gasteiger partial charge in [0.25, 0.3) is 5.91 Å². The van der Waals surface area contributed by atoms with Crippen molar-refractivity contribution in [2.75, 3.05) is 17.2 Å². The summed E-state index contributed by atoms with van der Waals surface area (Å²) in [6.07, 6.45) is 3.02. The van der Waals surface area contributed by atoms with Gasteiger partial charge in [0.1, 0.15) is 0 Å². The molecular formula is C22H28N4O2. The van der Waals surface area contributed by atoms with Crippen LogP contribution in [-0.2, 0) is 0 Å². The molecule has 0 saturated carbocycles. The molecule has 1 aliphatic heterocycles. The third-order valence-electron chi connectivity index (χ3n) is 5.18. The molecule has 2 aromatic rings. The Morgan fingerprint density at radius 2 is 1.86 bits per heavy atom. The van der Waals surface area contributed by atoms with E-state index < -0.39 is 0 Å². The lowest BCUT2D eigenvalue weighted by molar-refractivity contribution is 0.0584. The van der Waals surface area contributed by atoms with Crippen LogP contribution in [0.25, 0.3) is 0 Å². The normalized spacial score (nSPS) is 17.7. The number of carbonyl (C=O) groups is 2. The van der Waals surface area contributed by atoms with E-state index in [0.29, 0.717) is 16.9 Å².